The lowest BCUT2D eigenvalue weighted by atomic mass is 9.97. The number of amides is 1. The van der Waals surface area contributed by atoms with Gasteiger partial charge in [0.1, 0.15) is 5.82 Å². The van der Waals surface area contributed by atoms with E-state index in [1.807, 2.05) is 25.1 Å². The van der Waals surface area contributed by atoms with Crippen molar-refractivity contribution < 1.29 is 13.6 Å². The number of nitrogens with zero attached hydrogens (tertiary/aromatic N) is 4. The number of aromatic nitrogens is 4. The van der Waals surface area contributed by atoms with Crippen molar-refractivity contribution in [3.05, 3.63) is 47.5 Å². The van der Waals surface area contributed by atoms with E-state index >= 15 is 0 Å². The average molecular weight is 359 g/mol. The molecule has 1 N–H and O–H groups in total. The summed E-state index contributed by atoms with van der Waals surface area (Å²) in [6, 6.07) is 7.32. The molecule has 1 aromatic carbocycles. The van der Waals surface area contributed by atoms with Gasteiger partial charge in [-0.1, -0.05) is 12.1 Å². The van der Waals surface area contributed by atoms with Crippen LogP contribution < -0.4 is 0 Å². The second-order valence-electron chi connectivity index (χ2n) is 6.64. The minimum absolute atomic E-state index is 0.0476. The number of carbonyl (C=O) groups excluding carboxylic acids is 1. The summed E-state index contributed by atoms with van der Waals surface area (Å²) in [6.07, 6.45) is 2.89. The number of benzene rings is 1. The first-order valence-corrected chi connectivity index (χ1v) is 8.61. The van der Waals surface area contributed by atoms with Gasteiger partial charge in [0.2, 0.25) is 0 Å². The fourth-order valence-corrected chi connectivity index (χ4v) is 3.50. The number of aromatic amines is 1. The molecule has 1 amide bonds. The molecule has 0 aliphatic carbocycles. The molecular formula is C18H19F2N5O. The van der Waals surface area contributed by atoms with E-state index in [0.29, 0.717) is 17.8 Å². The van der Waals surface area contributed by atoms with Crippen molar-refractivity contribution in [2.24, 2.45) is 0 Å². The Bertz CT molecular complexity index is 948. The van der Waals surface area contributed by atoms with Crippen LogP contribution in [0.4, 0.5) is 8.78 Å². The summed E-state index contributed by atoms with van der Waals surface area (Å²) in [6.45, 7) is 0.364. The Labute approximate surface area is 148 Å². The fourth-order valence-electron chi connectivity index (χ4n) is 3.50. The summed E-state index contributed by atoms with van der Waals surface area (Å²) < 4.78 is 25.8. The lowest BCUT2D eigenvalue weighted by molar-refractivity contribution is 0.0546. The zero-order chi connectivity index (χ0) is 18.3. The van der Waals surface area contributed by atoms with Crippen molar-refractivity contribution >= 4 is 16.9 Å². The van der Waals surface area contributed by atoms with Crippen molar-refractivity contribution in [3.63, 3.8) is 0 Å². The molecule has 0 bridgehead atoms. The Morgan fingerprint density at radius 1 is 1.35 bits per heavy atom. The van der Waals surface area contributed by atoms with Gasteiger partial charge in [-0.15, -0.1) is 0 Å². The maximum Gasteiger partial charge on any atom is 0.333 e. The number of alkyl halides is 2. The summed E-state index contributed by atoms with van der Waals surface area (Å²) in [5.41, 5.74) is 3.08. The predicted molar refractivity (Wildman–Crippen MR) is 92.2 cm³/mol. The molecular weight excluding hydrogens is 340 g/mol. The molecule has 0 spiro atoms. The number of likely N-dealkylation sites (tertiary alicyclic amines) is 1. The van der Waals surface area contributed by atoms with Crippen LogP contribution in [-0.4, -0.2) is 43.6 Å². The summed E-state index contributed by atoms with van der Waals surface area (Å²) in [5, 5.41) is 3.68. The molecule has 1 atom stereocenters. The highest BCUT2D eigenvalue weighted by Gasteiger charge is 2.28. The number of para-hydroxylation sites is 1. The number of aryl methyl sites for hydroxylation is 1. The standard InChI is InChI=1S/C18H19F2N5O/c1-11-4-2-6-13-15(11)22-16(21-13)12-5-3-8-24(10-12)17(26)14-7-9-25(23-14)18(19)20/h2,4,6-7,9,12,18H,3,5,8,10H2,1H3,(H,21,22)/t12-/m0/s1. The molecule has 26 heavy (non-hydrogen) atoms. The lowest BCUT2D eigenvalue weighted by Crippen LogP contribution is -2.39. The van der Waals surface area contributed by atoms with E-state index in [2.05, 4.69) is 10.1 Å². The smallest absolute Gasteiger partial charge is 0.333 e. The molecule has 8 heteroatoms. The quantitative estimate of drug-likeness (QED) is 0.778. The first kappa shape index (κ1) is 16.7. The Morgan fingerprint density at radius 2 is 2.19 bits per heavy atom. The molecule has 136 valence electrons. The molecule has 2 aromatic heterocycles. The number of carbonyl (C=O) groups is 1. The fraction of sp³-hybridized carbons (Fsp3) is 0.389. The number of imidazole rings is 1. The van der Waals surface area contributed by atoms with Crippen molar-refractivity contribution in [2.75, 3.05) is 13.1 Å². The third kappa shape index (κ3) is 2.95. The number of H-pyrrole nitrogens is 1. The molecule has 0 unspecified atom stereocenters. The zero-order valence-corrected chi connectivity index (χ0v) is 14.3. The van der Waals surface area contributed by atoms with Gasteiger partial charge in [-0.2, -0.15) is 13.9 Å². The van der Waals surface area contributed by atoms with Crippen LogP contribution in [-0.2, 0) is 0 Å². The van der Waals surface area contributed by atoms with Crippen molar-refractivity contribution in [3.8, 4) is 0 Å². The van der Waals surface area contributed by atoms with E-state index in [0.717, 1.165) is 41.5 Å². The van der Waals surface area contributed by atoms with E-state index in [1.54, 1.807) is 4.90 Å². The molecule has 0 radical (unpaired) electrons. The van der Waals surface area contributed by atoms with E-state index in [9.17, 15) is 13.6 Å². The molecule has 4 rings (SSSR count). The number of halogens is 2. The van der Waals surface area contributed by atoms with Crippen LogP contribution in [0.25, 0.3) is 11.0 Å². The van der Waals surface area contributed by atoms with Crippen LogP contribution in [0.15, 0.2) is 30.5 Å². The molecule has 1 aliphatic heterocycles. The molecule has 3 aromatic rings. The minimum atomic E-state index is -2.75. The number of piperidine rings is 1. The van der Waals surface area contributed by atoms with Gasteiger partial charge in [-0.3, -0.25) is 4.79 Å². The van der Waals surface area contributed by atoms with Gasteiger partial charge < -0.3 is 9.88 Å². The second kappa shape index (κ2) is 6.51. The van der Waals surface area contributed by atoms with Crippen LogP contribution in [0.5, 0.6) is 0 Å². The van der Waals surface area contributed by atoms with Crippen LogP contribution in [0.2, 0.25) is 0 Å². The number of rotatable bonds is 3. The molecule has 0 saturated carbocycles. The van der Waals surface area contributed by atoms with Crippen molar-refractivity contribution in [2.45, 2.75) is 32.2 Å². The molecule has 1 aliphatic rings. The van der Waals surface area contributed by atoms with Gasteiger partial charge in [0.15, 0.2) is 5.69 Å². The van der Waals surface area contributed by atoms with Crippen LogP contribution >= 0.6 is 0 Å². The maximum atomic E-state index is 12.7. The van der Waals surface area contributed by atoms with Crippen LogP contribution in [0.3, 0.4) is 0 Å². The average Bonchev–Trinajstić information content (AvgIpc) is 3.29. The van der Waals surface area contributed by atoms with Gasteiger partial charge in [0.05, 0.1) is 11.0 Å². The second-order valence-corrected chi connectivity index (χ2v) is 6.64. The highest BCUT2D eigenvalue weighted by Crippen LogP contribution is 2.28. The number of hydrogen-bond acceptors (Lipinski definition) is 3. The van der Waals surface area contributed by atoms with E-state index in [1.165, 1.54) is 6.07 Å². The van der Waals surface area contributed by atoms with Crippen molar-refractivity contribution in [1.29, 1.82) is 0 Å². The van der Waals surface area contributed by atoms with E-state index < -0.39 is 6.55 Å². The Balaban J connectivity index is 1.54. The van der Waals surface area contributed by atoms with Crippen molar-refractivity contribution in [1.82, 2.24) is 24.6 Å². The number of hydrogen-bond donors (Lipinski definition) is 1. The summed E-state index contributed by atoms with van der Waals surface area (Å²) >= 11 is 0. The summed E-state index contributed by atoms with van der Waals surface area (Å²) in [5.74, 6) is 0.642. The topological polar surface area (TPSA) is 66.8 Å². The summed E-state index contributed by atoms with van der Waals surface area (Å²) in [4.78, 5) is 22.4. The third-order valence-electron chi connectivity index (χ3n) is 4.86. The first-order chi connectivity index (χ1) is 12.5. The van der Waals surface area contributed by atoms with Gasteiger partial charge in [0.25, 0.3) is 5.91 Å². The van der Waals surface area contributed by atoms with Crippen LogP contribution in [0.1, 0.15) is 47.2 Å². The maximum absolute atomic E-state index is 12.7. The Hall–Kier alpha value is -2.77. The molecule has 1 saturated heterocycles. The zero-order valence-electron chi connectivity index (χ0n) is 14.3. The molecule has 1 fully saturated rings. The Morgan fingerprint density at radius 3 is 2.92 bits per heavy atom. The minimum Gasteiger partial charge on any atom is -0.342 e. The SMILES string of the molecule is Cc1cccc2[nH]c([C@H]3CCCN(C(=O)c4ccn(C(F)F)n4)C3)nc12. The van der Waals surface area contributed by atoms with Gasteiger partial charge in [-0.05, 0) is 37.5 Å². The van der Waals surface area contributed by atoms with Crippen LogP contribution in [0, 0.1) is 6.92 Å². The van der Waals surface area contributed by atoms with Gasteiger partial charge in [-0.25, -0.2) is 9.67 Å². The third-order valence-corrected chi connectivity index (χ3v) is 4.86. The highest BCUT2D eigenvalue weighted by atomic mass is 19.3. The monoisotopic (exact) mass is 359 g/mol. The van der Waals surface area contributed by atoms with E-state index in [-0.39, 0.29) is 17.5 Å². The normalized spacial score (nSPS) is 18.0. The van der Waals surface area contributed by atoms with Gasteiger partial charge >= 0.3 is 6.55 Å². The highest BCUT2D eigenvalue weighted by molar-refractivity contribution is 5.92. The lowest BCUT2D eigenvalue weighted by Gasteiger charge is -2.31. The number of fused-ring (bicyclic) bond motifs is 1. The largest absolute Gasteiger partial charge is 0.342 e. The molecule has 6 nitrogen and oxygen atoms in total. The molecule has 3 heterocycles. The summed E-state index contributed by atoms with van der Waals surface area (Å²) in [7, 11) is 0. The number of nitrogens with one attached hydrogen (secondary N) is 1. The van der Waals surface area contributed by atoms with E-state index in [4.69, 9.17) is 4.98 Å². The van der Waals surface area contributed by atoms with Gasteiger partial charge in [0, 0.05) is 25.2 Å². The predicted octanol–water partition coefficient (Wildman–Crippen LogP) is 3.48. The Kier molecular flexibility index (Phi) is 4.18. The first-order valence-electron chi connectivity index (χ1n) is 8.61.